The average molecular weight is 355 g/mol. The molecule has 1 aliphatic rings. The Morgan fingerprint density at radius 2 is 1.96 bits per heavy atom. The van der Waals surface area contributed by atoms with Gasteiger partial charge in [0.05, 0.1) is 15.6 Å². The molecule has 0 N–H and O–H groups in total. The smallest absolute Gasteiger partial charge is 0.316 e. The van der Waals surface area contributed by atoms with Crippen LogP contribution >= 0.6 is 11.3 Å². The maximum Gasteiger partial charge on any atom is 0.316 e. The normalized spacial score (nSPS) is 16.2. The van der Waals surface area contributed by atoms with Crippen LogP contribution in [0.5, 0.6) is 0 Å². The standard InChI is InChI=1S/C20H18FNO2S/c21-15-7-5-6-14(12-15)20(10-3-4-11-20)19(23)24-13-18-22-16-8-1-2-9-17(16)25-18/h1-2,5-9,12H,3-4,10-11,13H2. The molecule has 1 heterocycles. The Morgan fingerprint density at radius 3 is 2.72 bits per heavy atom. The van der Waals surface area contributed by atoms with Gasteiger partial charge in [0.2, 0.25) is 0 Å². The van der Waals surface area contributed by atoms with Gasteiger partial charge in [-0.1, -0.05) is 37.1 Å². The Kier molecular flexibility index (Phi) is 4.25. The first-order valence-electron chi connectivity index (χ1n) is 8.45. The highest BCUT2D eigenvalue weighted by Crippen LogP contribution is 2.42. The zero-order chi connectivity index (χ0) is 17.3. The summed E-state index contributed by atoms with van der Waals surface area (Å²) in [5.41, 5.74) is 0.914. The van der Waals surface area contributed by atoms with E-state index in [1.807, 2.05) is 30.3 Å². The molecule has 5 heteroatoms. The number of ether oxygens (including phenoxy) is 1. The molecule has 1 fully saturated rings. The average Bonchev–Trinajstić information content (AvgIpc) is 3.27. The van der Waals surface area contributed by atoms with Crippen molar-refractivity contribution in [2.24, 2.45) is 0 Å². The zero-order valence-electron chi connectivity index (χ0n) is 13.7. The molecular formula is C20H18FNO2S. The largest absolute Gasteiger partial charge is 0.458 e. The molecule has 0 radical (unpaired) electrons. The summed E-state index contributed by atoms with van der Waals surface area (Å²) in [4.78, 5) is 17.4. The van der Waals surface area contributed by atoms with E-state index in [4.69, 9.17) is 4.74 Å². The number of thiazole rings is 1. The van der Waals surface area contributed by atoms with E-state index in [9.17, 15) is 9.18 Å². The molecule has 0 bridgehead atoms. The Morgan fingerprint density at radius 1 is 1.16 bits per heavy atom. The fourth-order valence-electron chi connectivity index (χ4n) is 3.62. The van der Waals surface area contributed by atoms with E-state index >= 15 is 0 Å². The van der Waals surface area contributed by atoms with Gasteiger partial charge in [0.1, 0.15) is 17.4 Å². The zero-order valence-corrected chi connectivity index (χ0v) is 14.5. The molecule has 1 saturated carbocycles. The third-order valence-electron chi connectivity index (χ3n) is 4.89. The van der Waals surface area contributed by atoms with Gasteiger partial charge in [-0.05, 0) is 42.7 Å². The van der Waals surface area contributed by atoms with E-state index < -0.39 is 5.41 Å². The number of para-hydroxylation sites is 1. The number of nitrogens with zero attached hydrogens (tertiary/aromatic N) is 1. The molecule has 0 atom stereocenters. The summed E-state index contributed by atoms with van der Waals surface area (Å²) in [6, 6.07) is 14.2. The predicted octanol–water partition coefficient (Wildman–Crippen LogP) is 4.99. The minimum Gasteiger partial charge on any atom is -0.458 e. The van der Waals surface area contributed by atoms with Crippen LogP contribution < -0.4 is 0 Å². The van der Waals surface area contributed by atoms with E-state index in [2.05, 4.69) is 4.98 Å². The Labute approximate surface area is 149 Å². The van der Waals surface area contributed by atoms with Crippen molar-refractivity contribution >= 4 is 27.5 Å². The van der Waals surface area contributed by atoms with Crippen molar-refractivity contribution in [1.29, 1.82) is 0 Å². The van der Waals surface area contributed by atoms with Gasteiger partial charge in [-0.2, -0.15) is 0 Å². The highest BCUT2D eigenvalue weighted by Gasteiger charge is 2.44. The van der Waals surface area contributed by atoms with Crippen LogP contribution in [0.2, 0.25) is 0 Å². The molecule has 0 spiro atoms. The molecule has 0 unspecified atom stereocenters. The van der Waals surface area contributed by atoms with Gasteiger partial charge in [-0.15, -0.1) is 11.3 Å². The minimum atomic E-state index is -0.723. The Balaban J connectivity index is 1.55. The van der Waals surface area contributed by atoms with E-state index in [1.165, 1.54) is 23.5 Å². The lowest BCUT2D eigenvalue weighted by Crippen LogP contribution is -2.34. The second-order valence-electron chi connectivity index (χ2n) is 6.45. The second kappa shape index (κ2) is 6.56. The molecule has 1 aliphatic carbocycles. The van der Waals surface area contributed by atoms with E-state index in [0.29, 0.717) is 12.8 Å². The van der Waals surface area contributed by atoms with Crippen LogP contribution in [0, 0.1) is 5.82 Å². The van der Waals surface area contributed by atoms with Crippen molar-refractivity contribution in [3.8, 4) is 0 Å². The maximum atomic E-state index is 13.7. The van der Waals surface area contributed by atoms with Gasteiger partial charge in [-0.3, -0.25) is 4.79 Å². The lowest BCUT2D eigenvalue weighted by Gasteiger charge is -2.27. The first-order valence-corrected chi connectivity index (χ1v) is 9.27. The third-order valence-corrected chi connectivity index (χ3v) is 5.90. The lowest BCUT2D eigenvalue weighted by molar-refractivity contribution is -0.152. The molecule has 4 rings (SSSR count). The Hall–Kier alpha value is -2.27. The molecule has 128 valence electrons. The Bertz CT molecular complexity index is 882. The van der Waals surface area contributed by atoms with Crippen molar-refractivity contribution in [3.63, 3.8) is 0 Å². The number of benzene rings is 2. The predicted molar refractivity (Wildman–Crippen MR) is 96.0 cm³/mol. The number of hydrogen-bond donors (Lipinski definition) is 0. The van der Waals surface area contributed by atoms with Crippen LogP contribution in [0.15, 0.2) is 48.5 Å². The minimum absolute atomic E-state index is 0.162. The summed E-state index contributed by atoms with van der Waals surface area (Å²) >= 11 is 1.53. The second-order valence-corrected chi connectivity index (χ2v) is 7.57. The van der Waals surface area contributed by atoms with E-state index in [1.54, 1.807) is 6.07 Å². The van der Waals surface area contributed by atoms with Crippen molar-refractivity contribution in [2.45, 2.75) is 37.7 Å². The van der Waals surface area contributed by atoms with Crippen molar-refractivity contribution in [2.75, 3.05) is 0 Å². The van der Waals surface area contributed by atoms with Gasteiger partial charge >= 0.3 is 5.97 Å². The van der Waals surface area contributed by atoms with Crippen LogP contribution in [0.1, 0.15) is 36.3 Å². The number of halogens is 1. The van der Waals surface area contributed by atoms with Crippen LogP contribution in [0.25, 0.3) is 10.2 Å². The van der Waals surface area contributed by atoms with Crippen LogP contribution in [-0.2, 0) is 21.6 Å². The van der Waals surface area contributed by atoms with Gasteiger partial charge in [0.15, 0.2) is 0 Å². The molecule has 3 nitrogen and oxygen atoms in total. The molecule has 1 aromatic heterocycles. The van der Waals surface area contributed by atoms with Gasteiger partial charge in [-0.25, -0.2) is 9.37 Å². The number of rotatable bonds is 4. The van der Waals surface area contributed by atoms with E-state index in [0.717, 1.165) is 33.6 Å². The molecule has 0 saturated heterocycles. The number of hydrogen-bond acceptors (Lipinski definition) is 4. The number of carbonyl (C=O) groups is 1. The van der Waals surface area contributed by atoms with Gasteiger partial charge in [0.25, 0.3) is 0 Å². The monoisotopic (exact) mass is 355 g/mol. The van der Waals surface area contributed by atoms with Crippen molar-refractivity contribution < 1.29 is 13.9 Å². The first kappa shape index (κ1) is 16.2. The molecule has 25 heavy (non-hydrogen) atoms. The summed E-state index contributed by atoms with van der Waals surface area (Å²) in [6.45, 7) is 0.162. The number of esters is 1. The first-order chi connectivity index (χ1) is 12.2. The van der Waals surface area contributed by atoms with Crippen LogP contribution in [0.3, 0.4) is 0 Å². The SMILES string of the molecule is O=C(OCc1nc2ccccc2s1)C1(c2cccc(F)c2)CCCC1. The highest BCUT2D eigenvalue weighted by atomic mass is 32.1. The summed E-state index contributed by atoms with van der Waals surface area (Å²) in [7, 11) is 0. The number of fused-ring (bicyclic) bond motifs is 1. The topological polar surface area (TPSA) is 39.2 Å². The molecule has 3 aromatic rings. The summed E-state index contributed by atoms with van der Waals surface area (Å²) in [6.07, 6.45) is 3.31. The van der Waals surface area contributed by atoms with Crippen LogP contribution in [0.4, 0.5) is 4.39 Å². The summed E-state index contributed by atoms with van der Waals surface area (Å²) in [5.74, 6) is -0.586. The highest BCUT2D eigenvalue weighted by molar-refractivity contribution is 7.18. The molecule has 0 amide bonds. The molecular weight excluding hydrogens is 337 g/mol. The quantitative estimate of drug-likeness (QED) is 0.619. The lowest BCUT2D eigenvalue weighted by atomic mass is 9.79. The van der Waals surface area contributed by atoms with E-state index in [-0.39, 0.29) is 18.4 Å². The van der Waals surface area contributed by atoms with Crippen molar-refractivity contribution in [3.05, 3.63) is 64.9 Å². The fraction of sp³-hybridized carbons (Fsp3) is 0.300. The molecule has 0 aliphatic heterocycles. The summed E-state index contributed by atoms with van der Waals surface area (Å²) in [5, 5.41) is 0.780. The maximum absolute atomic E-state index is 13.7. The third kappa shape index (κ3) is 3.04. The van der Waals surface area contributed by atoms with Gasteiger partial charge < -0.3 is 4.74 Å². The number of carbonyl (C=O) groups excluding carboxylic acids is 1. The fourth-order valence-corrected chi connectivity index (χ4v) is 4.50. The van der Waals surface area contributed by atoms with Gasteiger partial charge in [0, 0.05) is 0 Å². The number of aromatic nitrogens is 1. The summed E-state index contributed by atoms with van der Waals surface area (Å²) < 4.78 is 20.4. The molecule has 2 aromatic carbocycles. The van der Waals surface area contributed by atoms with Crippen molar-refractivity contribution in [1.82, 2.24) is 4.98 Å². The van der Waals surface area contributed by atoms with Crippen LogP contribution in [-0.4, -0.2) is 11.0 Å².